The Morgan fingerprint density at radius 2 is 1.94 bits per heavy atom. The highest BCUT2D eigenvalue weighted by Gasteiger charge is 2.35. The number of carbonyl (C=O) groups is 2. The number of methoxy groups -OCH3 is 1. The topological polar surface area (TPSA) is 140 Å². The van der Waals surface area contributed by atoms with Crippen LogP contribution < -0.4 is 25.8 Å². The minimum atomic E-state index is -0.849. The summed E-state index contributed by atoms with van der Waals surface area (Å²) in [6, 6.07) is 10.9. The van der Waals surface area contributed by atoms with Crippen molar-refractivity contribution in [1.82, 2.24) is 9.55 Å². The van der Waals surface area contributed by atoms with Crippen molar-refractivity contribution in [3.8, 4) is 6.07 Å². The lowest BCUT2D eigenvalue weighted by molar-refractivity contribution is -0.133. The van der Waals surface area contributed by atoms with E-state index >= 15 is 0 Å². The maximum absolute atomic E-state index is 13.7. The summed E-state index contributed by atoms with van der Waals surface area (Å²) in [5.41, 5.74) is 9.10. The number of nitrogens with zero attached hydrogens (tertiary/aromatic N) is 3. The third-order valence-electron chi connectivity index (χ3n) is 5.77. The molecule has 1 unspecified atom stereocenters. The summed E-state index contributed by atoms with van der Waals surface area (Å²) in [6.07, 6.45) is 4.13. The van der Waals surface area contributed by atoms with Crippen molar-refractivity contribution in [2.45, 2.75) is 19.8 Å². The fourth-order valence-corrected chi connectivity index (χ4v) is 4.98. The largest absolute Gasteiger partial charge is 0.466 e. The van der Waals surface area contributed by atoms with Gasteiger partial charge >= 0.3 is 5.97 Å². The third kappa shape index (κ3) is 4.25. The summed E-state index contributed by atoms with van der Waals surface area (Å²) in [4.78, 5) is 42.7. The number of allylic oxidation sites excluding steroid dienone is 1. The summed E-state index contributed by atoms with van der Waals surface area (Å²) in [5, 5.41) is 12.9. The summed E-state index contributed by atoms with van der Waals surface area (Å²) >= 11 is 0.930. The van der Waals surface area contributed by atoms with E-state index in [1.165, 1.54) is 7.11 Å². The van der Waals surface area contributed by atoms with E-state index in [-0.39, 0.29) is 26.2 Å². The zero-order chi connectivity index (χ0) is 25.3. The normalized spacial score (nSPS) is 15.4. The quantitative estimate of drug-likeness (QED) is 0.526. The number of aromatic nitrogens is 2. The number of nitrogens with one attached hydrogen (secondary N) is 1. The first kappa shape index (κ1) is 23.7. The zero-order valence-corrected chi connectivity index (χ0v) is 20.0. The number of rotatable bonds is 4. The Kier molecular flexibility index (Phi) is 6.36. The van der Waals surface area contributed by atoms with E-state index in [9.17, 15) is 19.6 Å². The number of esters is 1. The summed E-state index contributed by atoms with van der Waals surface area (Å²) in [6.45, 7) is 3.90. The van der Waals surface area contributed by atoms with Crippen LogP contribution in [0.1, 0.15) is 22.6 Å². The Hall–Kier alpha value is -4.49. The van der Waals surface area contributed by atoms with Crippen molar-refractivity contribution in [1.29, 1.82) is 5.26 Å². The van der Waals surface area contributed by atoms with Gasteiger partial charge in [0.15, 0.2) is 0 Å². The molecule has 3 aromatic rings. The number of pyridine rings is 1. The van der Waals surface area contributed by atoms with Crippen LogP contribution in [-0.2, 0) is 14.3 Å². The van der Waals surface area contributed by atoms with Gasteiger partial charge in [0.05, 0.1) is 30.2 Å². The van der Waals surface area contributed by atoms with Crippen LogP contribution in [0, 0.1) is 25.2 Å². The van der Waals surface area contributed by atoms with E-state index in [1.807, 2.05) is 26.0 Å². The van der Waals surface area contributed by atoms with Crippen LogP contribution in [0.4, 0.5) is 5.69 Å². The Bertz CT molecular complexity index is 1610. The van der Waals surface area contributed by atoms with Crippen molar-refractivity contribution < 1.29 is 14.3 Å². The highest BCUT2D eigenvalue weighted by atomic mass is 32.1. The smallest absolute Gasteiger partial charge is 0.332 e. The standard InChI is InChI=1S/C25H21N5O4S/c1-13-4-5-16(10-14(13)2)29-23(32)21-20(15-6-8-28-9-7-15)17(12-26)22(27)30-24(33)18(35-25(21)30)11-19(31)34-3/h4-11,20H,27H2,1-3H3,(H,29,32). The molecule has 0 bridgehead atoms. The van der Waals surface area contributed by atoms with E-state index in [1.54, 1.807) is 30.6 Å². The van der Waals surface area contributed by atoms with Crippen LogP contribution in [0.15, 0.2) is 53.1 Å². The average Bonchev–Trinajstić information content (AvgIpc) is 3.17. The molecule has 0 aliphatic carbocycles. The molecule has 3 N–H and O–H groups in total. The monoisotopic (exact) mass is 487 g/mol. The highest BCUT2D eigenvalue weighted by Crippen LogP contribution is 2.36. The lowest BCUT2D eigenvalue weighted by Gasteiger charge is -2.25. The predicted octanol–water partition coefficient (Wildman–Crippen LogP) is 1.11. The molecule has 176 valence electrons. The Morgan fingerprint density at radius 1 is 1.23 bits per heavy atom. The molecule has 2 aromatic heterocycles. The number of fused-ring (bicyclic) bond motifs is 1. The van der Waals surface area contributed by atoms with Crippen LogP contribution in [0.25, 0.3) is 17.5 Å². The number of hydrogen-bond donors (Lipinski definition) is 2. The van der Waals surface area contributed by atoms with Gasteiger partial charge in [-0.25, -0.2) is 4.79 Å². The molecule has 0 radical (unpaired) electrons. The van der Waals surface area contributed by atoms with Gasteiger partial charge in [-0.15, -0.1) is 11.3 Å². The van der Waals surface area contributed by atoms with Gasteiger partial charge in [-0.1, -0.05) is 6.07 Å². The van der Waals surface area contributed by atoms with Gasteiger partial charge in [0.2, 0.25) is 0 Å². The SMILES string of the molecule is COC(=O)C=c1sc2n(c1=O)C(N)=C(C#N)C(c1ccncc1)C=2C(=O)Nc1ccc(C)c(C)c1. The molecule has 1 aliphatic rings. The molecular weight excluding hydrogens is 466 g/mol. The van der Waals surface area contributed by atoms with Gasteiger partial charge in [-0.05, 0) is 54.8 Å². The van der Waals surface area contributed by atoms with Crippen molar-refractivity contribution in [2.75, 3.05) is 12.4 Å². The summed E-state index contributed by atoms with van der Waals surface area (Å²) in [5.74, 6) is -2.18. The molecule has 0 spiro atoms. The van der Waals surface area contributed by atoms with E-state index in [4.69, 9.17) is 5.73 Å². The van der Waals surface area contributed by atoms with Gasteiger partial charge in [0.25, 0.3) is 11.5 Å². The van der Waals surface area contributed by atoms with Crippen molar-refractivity contribution in [3.63, 3.8) is 0 Å². The second kappa shape index (κ2) is 9.40. The fourth-order valence-electron chi connectivity index (χ4n) is 3.84. The number of aryl methyl sites for hydroxylation is 2. The minimum absolute atomic E-state index is 0.0268. The Labute approximate surface area is 204 Å². The first-order valence-electron chi connectivity index (χ1n) is 10.5. The van der Waals surface area contributed by atoms with Gasteiger partial charge in [0.1, 0.15) is 15.0 Å². The highest BCUT2D eigenvalue weighted by molar-refractivity contribution is 7.07. The molecule has 1 aromatic carbocycles. The second-order valence-electron chi connectivity index (χ2n) is 7.87. The van der Waals surface area contributed by atoms with E-state index < -0.39 is 23.4 Å². The Balaban J connectivity index is 2.03. The first-order chi connectivity index (χ1) is 16.8. The van der Waals surface area contributed by atoms with E-state index in [0.29, 0.717) is 11.3 Å². The number of amides is 1. The number of benzene rings is 1. The molecule has 1 aliphatic heterocycles. The number of anilines is 1. The summed E-state index contributed by atoms with van der Waals surface area (Å²) in [7, 11) is 1.19. The van der Waals surface area contributed by atoms with Gasteiger partial charge in [-0.3, -0.25) is 19.1 Å². The molecule has 1 atom stereocenters. The van der Waals surface area contributed by atoms with Crippen molar-refractivity contribution >= 4 is 46.4 Å². The number of thiazole rings is 1. The minimum Gasteiger partial charge on any atom is -0.466 e. The van der Waals surface area contributed by atoms with Crippen LogP contribution in [0.3, 0.4) is 0 Å². The van der Waals surface area contributed by atoms with Crippen LogP contribution >= 0.6 is 11.3 Å². The lowest BCUT2D eigenvalue weighted by Crippen LogP contribution is -2.40. The maximum Gasteiger partial charge on any atom is 0.332 e. The predicted molar refractivity (Wildman–Crippen MR) is 132 cm³/mol. The molecular formula is C25H21N5O4S. The molecule has 0 saturated heterocycles. The van der Waals surface area contributed by atoms with Crippen LogP contribution in [0.2, 0.25) is 0 Å². The molecule has 0 saturated carbocycles. The molecule has 35 heavy (non-hydrogen) atoms. The van der Waals surface area contributed by atoms with Gasteiger partial charge < -0.3 is 15.8 Å². The first-order valence-corrected chi connectivity index (χ1v) is 11.3. The number of ether oxygens (including phenoxy) is 1. The van der Waals surface area contributed by atoms with Gasteiger partial charge in [0, 0.05) is 24.2 Å². The maximum atomic E-state index is 13.7. The molecule has 0 fully saturated rings. The number of nitriles is 1. The van der Waals surface area contributed by atoms with Gasteiger partial charge in [-0.2, -0.15) is 5.26 Å². The van der Waals surface area contributed by atoms with E-state index in [0.717, 1.165) is 33.1 Å². The zero-order valence-electron chi connectivity index (χ0n) is 19.2. The number of carbonyl (C=O) groups excluding carboxylic acids is 2. The van der Waals surface area contributed by atoms with E-state index in [2.05, 4.69) is 21.1 Å². The molecule has 9 nitrogen and oxygen atoms in total. The molecule has 1 amide bonds. The molecule has 4 rings (SSSR count). The number of nitrogens with two attached hydrogens (primary N) is 1. The average molecular weight is 488 g/mol. The van der Waals surface area contributed by atoms with Crippen molar-refractivity contribution in [3.05, 3.63) is 84.5 Å². The fraction of sp³-hybridized carbons (Fsp3) is 0.160. The molecule has 10 heteroatoms. The Morgan fingerprint density at radius 3 is 2.57 bits per heavy atom. The molecule has 3 heterocycles. The number of hydrogen-bond acceptors (Lipinski definition) is 8. The van der Waals surface area contributed by atoms with Crippen molar-refractivity contribution in [2.24, 2.45) is 5.73 Å². The lowest BCUT2D eigenvalue weighted by atomic mass is 9.84. The van der Waals surface area contributed by atoms with Crippen LogP contribution in [-0.4, -0.2) is 28.5 Å². The summed E-state index contributed by atoms with van der Waals surface area (Å²) < 4.78 is 6.01. The second-order valence-corrected chi connectivity index (χ2v) is 8.90. The third-order valence-corrected chi connectivity index (χ3v) is 6.88. The van der Waals surface area contributed by atoms with Crippen LogP contribution in [0.5, 0.6) is 0 Å².